The number of hydrogen-bond acceptors (Lipinski definition) is 6. The van der Waals surface area contributed by atoms with Gasteiger partial charge in [0.1, 0.15) is 5.69 Å². The van der Waals surface area contributed by atoms with Gasteiger partial charge in [-0.05, 0) is 26.0 Å². The van der Waals surface area contributed by atoms with Crippen LogP contribution in [0.1, 0.15) is 24.3 Å². The van der Waals surface area contributed by atoms with Gasteiger partial charge in [-0.3, -0.25) is 9.59 Å². The minimum Gasteiger partial charge on any atom is -0.463 e. The second-order valence-corrected chi connectivity index (χ2v) is 4.01. The summed E-state index contributed by atoms with van der Waals surface area (Å²) in [7, 11) is 0. The number of carbonyl (C=O) groups is 3. The van der Waals surface area contributed by atoms with Crippen molar-refractivity contribution in [3.05, 3.63) is 17.8 Å². The molecule has 19 heavy (non-hydrogen) atoms. The van der Waals surface area contributed by atoms with Gasteiger partial charge in [-0.2, -0.15) is 0 Å². The summed E-state index contributed by atoms with van der Waals surface area (Å²) in [6.45, 7) is 3.09. The minimum absolute atomic E-state index is 0.108. The first-order valence-corrected chi connectivity index (χ1v) is 5.65. The highest BCUT2D eigenvalue weighted by Gasteiger charge is 2.49. The van der Waals surface area contributed by atoms with Gasteiger partial charge in [0.15, 0.2) is 17.9 Å². The van der Waals surface area contributed by atoms with E-state index >= 15 is 0 Å². The van der Waals surface area contributed by atoms with Gasteiger partial charge in [0.05, 0.1) is 6.61 Å². The van der Waals surface area contributed by atoms with Gasteiger partial charge in [-0.1, -0.05) is 0 Å². The summed E-state index contributed by atoms with van der Waals surface area (Å²) in [5.41, 5.74) is -1.60. The van der Waals surface area contributed by atoms with Gasteiger partial charge < -0.3 is 14.8 Å². The summed E-state index contributed by atoms with van der Waals surface area (Å²) in [6, 6.07) is 2.89. The molecule has 1 unspecified atom stereocenters. The van der Waals surface area contributed by atoms with Crippen molar-refractivity contribution in [2.75, 3.05) is 11.9 Å². The Bertz CT molecular complexity index is 557. The van der Waals surface area contributed by atoms with E-state index in [0.717, 1.165) is 0 Å². The van der Waals surface area contributed by atoms with Crippen molar-refractivity contribution in [2.45, 2.75) is 19.4 Å². The van der Waals surface area contributed by atoms with Crippen LogP contribution in [0.15, 0.2) is 12.1 Å². The average molecular weight is 264 g/mol. The molecule has 1 aromatic heterocycles. The van der Waals surface area contributed by atoms with Crippen molar-refractivity contribution in [3.8, 4) is 5.75 Å². The molecule has 0 fully saturated rings. The lowest BCUT2D eigenvalue weighted by Gasteiger charge is -2.31. The number of nitrogens with zero attached hydrogens (tertiary/aromatic N) is 1. The monoisotopic (exact) mass is 264 g/mol. The SMILES string of the molecule is CCOC(=O)C1(C)Oc2ccc(C=O)nc2NC1=O. The van der Waals surface area contributed by atoms with Crippen LogP contribution in [-0.2, 0) is 14.3 Å². The predicted molar refractivity (Wildman–Crippen MR) is 63.9 cm³/mol. The van der Waals surface area contributed by atoms with Crippen LogP contribution in [0.3, 0.4) is 0 Å². The lowest BCUT2D eigenvalue weighted by atomic mass is 10.0. The first kappa shape index (κ1) is 13.0. The maximum Gasteiger partial charge on any atom is 0.360 e. The molecule has 7 heteroatoms. The topological polar surface area (TPSA) is 94.6 Å². The number of amides is 1. The Morgan fingerprint density at radius 3 is 2.95 bits per heavy atom. The third kappa shape index (κ3) is 2.14. The molecular weight excluding hydrogens is 252 g/mol. The lowest BCUT2D eigenvalue weighted by molar-refractivity contribution is -0.165. The van der Waals surface area contributed by atoms with E-state index in [1.165, 1.54) is 19.1 Å². The molecule has 0 aliphatic carbocycles. The van der Waals surface area contributed by atoms with Crippen molar-refractivity contribution >= 4 is 24.0 Å². The molecule has 1 aliphatic rings. The summed E-state index contributed by atoms with van der Waals surface area (Å²) < 4.78 is 10.2. The van der Waals surface area contributed by atoms with E-state index in [0.29, 0.717) is 6.29 Å². The van der Waals surface area contributed by atoms with Crippen LogP contribution >= 0.6 is 0 Å². The van der Waals surface area contributed by atoms with E-state index in [2.05, 4.69) is 10.3 Å². The van der Waals surface area contributed by atoms with Gasteiger partial charge in [0.25, 0.3) is 11.5 Å². The highest BCUT2D eigenvalue weighted by molar-refractivity contribution is 6.13. The van der Waals surface area contributed by atoms with Gasteiger partial charge in [0, 0.05) is 0 Å². The van der Waals surface area contributed by atoms with Gasteiger partial charge in [-0.25, -0.2) is 9.78 Å². The Labute approximate surface area is 108 Å². The normalized spacial score (nSPS) is 20.8. The third-order valence-corrected chi connectivity index (χ3v) is 2.64. The number of rotatable bonds is 3. The number of aldehydes is 1. The molecule has 0 aromatic carbocycles. The van der Waals surface area contributed by atoms with Crippen molar-refractivity contribution in [1.82, 2.24) is 4.98 Å². The maximum atomic E-state index is 11.9. The first-order chi connectivity index (χ1) is 9.01. The van der Waals surface area contributed by atoms with Crippen molar-refractivity contribution in [3.63, 3.8) is 0 Å². The van der Waals surface area contributed by atoms with Crippen molar-refractivity contribution in [1.29, 1.82) is 0 Å². The highest BCUT2D eigenvalue weighted by Crippen LogP contribution is 2.32. The number of carbonyl (C=O) groups excluding carboxylic acids is 3. The molecule has 2 rings (SSSR count). The smallest absolute Gasteiger partial charge is 0.360 e. The highest BCUT2D eigenvalue weighted by atomic mass is 16.6. The number of anilines is 1. The Balaban J connectivity index is 2.36. The second-order valence-electron chi connectivity index (χ2n) is 4.01. The number of fused-ring (bicyclic) bond motifs is 1. The maximum absolute atomic E-state index is 11.9. The molecule has 0 bridgehead atoms. The standard InChI is InChI=1S/C12H12N2O5/c1-3-18-11(17)12(2)10(16)14-9-8(19-12)5-4-7(6-15)13-9/h4-6H,3H2,1-2H3,(H,13,14,16). The lowest BCUT2D eigenvalue weighted by Crippen LogP contribution is -2.55. The number of nitrogens with one attached hydrogen (secondary N) is 1. The largest absolute Gasteiger partial charge is 0.463 e. The molecule has 1 atom stereocenters. The molecule has 0 saturated carbocycles. The Morgan fingerprint density at radius 2 is 2.32 bits per heavy atom. The van der Waals surface area contributed by atoms with Crippen LogP contribution in [0, 0.1) is 0 Å². The fourth-order valence-electron chi connectivity index (χ4n) is 1.60. The van der Waals surface area contributed by atoms with E-state index in [9.17, 15) is 14.4 Å². The second kappa shape index (κ2) is 4.68. The van der Waals surface area contributed by atoms with Gasteiger partial charge in [0.2, 0.25) is 0 Å². The molecule has 100 valence electrons. The number of esters is 1. The fourth-order valence-corrected chi connectivity index (χ4v) is 1.60. The number of pyridine rings is 1. The first-order valence-electron chi connectivity index (χ1n) is 5.65. The summed E-state index contributed by atoms with van der Waals surface area (Å²) in [5.74, 6) is -1.15. The molecule has 0 radical (unpaired) electrons. The van der Waals surface area contributed by atoms with E-state index in [1.807, 2.05) is 0 Å². The Morgan fingerprint density at radius 1 is 1.58 bits per heavy atom. The zero-order valence-electron chi connectivity index (χ0n) is 10.4. The molecule has 1 aromatic rings. The fraction of sp³-hybridized carbons (Fsp3) is 0.333. The van der Waals surface area contributed by atoms with Crippen LogP contribution in [0.5, 0.6) is 5.75 Å². The molecular formula is C12H12N2O5. The molecule has 7 nitrogen and oxygen atoms in total. The van der Waals surface area contributed by atoms with E-state index < -0.39 is 17.5 Å². The molecule has 1 aliphatic heterocycles. The third-order valence-electron chi connectivity index (χ3n) is 2.64. The van der Waals surface area contributed by atoms with Crippen molar-refractivity contribution < 1.29 is 23.9 Å². The van der Waals surface area contributed by atoms with E-state index in [4.69, 9.17) is 9.47 Å². The number of ether oxygens (including phenoxy) is 2. The average Bonchev–Trinajstić information content (AvgIpc) is 2.40. The molecule has 1 amide bonds. The predicted octanol–water partition coefficient (Wildman–Crippen LogP) is 0.547. The Hall–Kier alpha value is -2.44. The summed E-state index contributed by atoms with van der Waals surface area (Å²) in [6.07, 6.45) is 0.547. The van der Waals surface area contributed by atoms with E-state index in [1.54, 1.807) is 6.92 Å². The van der Waals surface area contributed by atoms with Gasteiger partial charge >= 0.3 is 5.97 Å². The molecule has 0 saturated heterocycles. The van der Waals surface area contributed by atoms with Gasteiger partial charge in [-0.15, -0.1) is 0 Å². The molecule has 2 heterocycles. The number of hydrogen-bond donors (Lipinski definition) is 1. The van der Waals surface area contributed by atoms with Crippen LogP contribution < -0.4 is 10.1 Å². The van der Waals surface area contributed by atoms with Crippen LogP contribution in [0.25, 0.3) is 0 Å². The molecule has 0 spiro atoms. The Kier molecular flexibility index (Phi) is 3.20. The van der Waals surface area contributed by atoms with Crippen LogP contribution in [0.2, 0.25) is 0 Å². The van der Waals surface area contributed by atoms with Crippen molar-refractivity contribution in [2.24, 2.45) is 0 Å². The van der Waals surface area contributed by atoms with Crippen LogP contribution in [0.4, 0.5) is 5.82 Å². The summed E-state index contributed by atoms with van der Waals surface area (Å²) in [5, 5.41) is 2.43. The number of aromatic nitrogens is 1. The summed E-state index contributed by atoms with van der Waals surface area (Å²) in [4.78, 5) is 38.2. The summed E-state index contributed by atoms with van der Waals surface area (Å²) >= 11 is 0. The minimum atomic E-state index is -1.76. The quantitative estimate of drug-likeness (QED) is 0.486. The zero-order valence-corrected chi connectivity index (χ0v) is 10.4. The molecule has 1 N–H and O–H groups in total. The van der Waals surface area contributed by atoms with E-state index in [-0.39, 0.29) is 23.9 Å². The zero-order chi connectivity index (χ0) is 14.0. The van der Waals surface area contributed by atoms with Crippen LogP contribution in [-0.4, -0.2) is 35.4 Å².